The van der Waals surface area contributed by atoms with Gasteiger partial charge in [-0.15, -0.1) is 11.3 Å². The molecule has 1 aliphatic rings. The Morgan fingerprint density at radius 3 is 2.62 bits per heavy atom. The number of aliphatic hydroxyl groups excluding tert-OH is 2. The van der Waals surface area contributed by atoms with Crippen LogP contribution in [0, 0.1) is 0 Å². The van der Waals surface area contributed by atoms with Crippen LogP contribution in [0.1, 0.15) is 41.4 Å². The number of halogens is 1. The maximum absolute atomic E-state index is 13.4. The molecule has 12 heteroatoms. The second-order valence-corrected chi connectivity index (χ2v) is 10.9. The van der Waals surface area contributed by atoms with Crippen LogP contribution in [0.4, 0.5) is 10.8 Å². The largest absolute Gasteiger partial charge is 0.380 e. The molecule has 2 amide bonds. The number of hydrazine groups is 1. The first-order valence-corrected chi connectivity index (χ1v) is 14.7. The number of aromatic nitrogens is 1. The number of fused-ring (bicyclic) bond motifs is 1. The second kappa shape index (κ2) is 12.9. The van der Waals surface area contributed by atoms with E-state index in [4.69, 9.17) is 11.6 Å². The number of nitrogens with zero attached hydrogens (tertiary/aromatic N) is 3. The molecule has 3 aromatic rings. The summed E-state index contributed by atoms with van der Waals surface area (Å²) < 4.78 is 0.828. The quantitative estimate of drug-likeness (QED) is 0.101. The lowest BCUT2D eigenvalue weighted by molar-refractivity contribution is -0.155. The molecule has 0 radical (unpaired) electrons. The van der Waals surface area contributed by atoms with Gasteiger partial charge in [-0.2, -0.15) is 0 Å². The molecule has 4 atom stereocenters. The van der Waals surface area contributed by atoms with E-state index in [0.717, 1.165) is 26.8 Å². The molecule has 2 aromatic carbocycles. The second-order valence-electron chi connectivity index (χ2n) is 9.15. The Labute approximate surface area is 244 Å². The van der Waals surface area contributed by atoms with Gasteiger partial charge in [0.2, 0.25) is 0 Å². The van der Waals surface area contributed by atoms with Crippen LogP contribution in [0.3, 0.4) is 0 Å². The van der Waals surface area contributed by atoms with Crippen molar-refractivity contribution >= 4 is 56.6 Å². The van der Waals surface area contributed by atoms with Gasteiger partial charge in [0.25, 0.3) is 11.8 Å². The van der Waals surface area contributed by atoms with Crippen molar-refractivity contribution in [3.63, 3.8) is 0 Å². The zero-order chi connectivity index (χ0) is 28.1. The highest BCUT2D eigenvalue weighted by Crippen LogP contribution is 2.36. The third-order valence-corrected chi connectivity index (χ3v) is 7.81. The minimum absolute atomic E-state index is 0.289. The molecular weight excluding hydrogens is 631 g/mol. The van der Waals surface area contributed by atoms with Crippen LogP contribution in [0.25, 0.3) is 0 Å². The van der Waals surface area contributed by atoms with E-state index in [9.17, 15) is 19.8 Å². The molecule has 4 rings (SSSR count). The number of nitrogen functional groups attached to an aromatic ring is 1. The average Bonchev–Trinajstić information content (AvgIpc) is 3.39. The van der Waals surface area contributed by atoms with Crippen LogP contribution >= 0.6 is 33.9 Å². The average molecular weight is 663 g/mol. The number of hydrogen-bond acceptors (Lipinski definition) is 9. The standard InChI is InChI=1S/C27H31IN6O4S/c1-16(17-7-9-19(10-8-17)34(30)13-4-12-28)31-25(37)23(35)24(36)26(38)33-14-11-18-5-2-3-6-20(18)22(33)21-15-39-27(29)32-21/h2-10,13,15-16,22-24,35-36H,11-12,14,30H2,1H3,(H2,29,32)(H,31,37)/b13-4-/t16-,22-,23-,24-/m1/s1. The molecule has 2 heterocycles. The number of thiazole rings is 1. The van der Waals surface area contributed by atoms with Gasteiger partial charge in [0, 0.05) is 22.6 Å². The fraction of sp³-hybridized carbons (Fsp3) is 0.296. The fourth-order valence-electron chi connectivity index (χ4n) is 4.55. The van der Waals surface area contributed by atoms with Gasteiger partial charge >= 0.3 is 0 Å². The first-order valence-electron chi connectivity index (χ1n) is 12.3. The molecule has 0 fully saturated rings. The molecule has 0 aliphatic carbocycles. The van der Waals surface area contributed by atoms with Gasteiger partial charge in [-0.1, -0.05) is 65.1 Å². The van der Waals surface area contributed by atoms with Crippen LogP contribution in [0.2, 0.25) is 0 Å². The zero-order valence-corrected chi connectivity index (χ0v) is 24.2. The molecule has 0 saturated heterocycles. The smallest absolute Gasteiger partial charge is 0.255 e. The Kier molecular flexibility index (Phi) is 9.56. The molecule has 1 aliphatic heterocycles. The number of benzene rings is 2. The van der Waals surface area contributed by atoms with E-state index in [0.29, 0.717) is 17.2 Å². The molecule has 0 spiro atoms. The molecule has 10 nitrogen and oxygen atoms in total. The summed E-state index contributed by atoms with van der Waals surface area (Å²) in [5.74, 6) is 4.37. The molecule has 206 valence electrons. The van der Waals surface area contributed by atoms with E-state index in [1.165, 1.54) is 21.2 Å². The first-order chi connectivity index (χ1) is 18.7. The van der Waals surface area contributed by atoms with E-state index in [1.54, 1.807) is 30.6 Å². The highest BCUT2D eigenvalue weighted by Gasteiger charge is 2.40. The monoisotopic (exact) mass is 662 g/mol. The number of nitrogens with two attached hydrogens (primary N) is 2. The summed E-state index contributed by atoms with van der Waals surface area (Å²) in [7, 11) is 0. The van der Waals surface area contributed by atoms with Crippen molar-refractivity contribution in [3.8, 4) is 0 Å². The highest BCUT2D eigenvalue weighted by molar-refractivity contribution is 14.1. The van der Waals surface area contributed by atoms with Crippen LogP contribution < -0.4 is 21.9 Å². The highest BCUT2D eigenvalue weighted by atomic mass is 127. The lowest BCUT2D eigenvalue weighted by atomic mass is 9.90. The molecule has 39 heavy (non-hydrogen) atoms. The minimum atomic E-state index is -1.96. The van der Waals surface area contributed by atoms with Crippen molar-refractivity contribution in [2.45, 2.75) is 37.6 Å². The lowest BCUT2D eigenvalue weighted by Gasteiger charge is -2.38. The summed E-state index contributed by atoms with van der Waals surface area (Å²) >= 11 is 3.47. The fourth-order valence-corrected chi connectivity index (χ4v) is 5.36. The molecule has 0 saturated carbocycles. The molecule has 7 N–H and O–H groups in total. The van der Waals surface area contributed by atoms with Gasteiger partial charge < -0.3 is 26.2 Å². The van der Waals surface area contributed by atoms with Crippen LogP contribution in [-0.2, 0) is 16.0 Å². The Bertz CT molecular complexity index is 1330. The van der Waals surface area contributed by atoms with Gasteiger partial charge in [-0.05, 0) is 42.2 Å². The van der Waals surface area contributed by atoms with Crippen LogP contribution in [0.15, 0.2) is 66.2 Å². The van der Waals surface area contributed by atoms with Gasteiger partial charge in [-0.25, -0.2) is 10.8 Å². The number of alkyl halides is 1. The predicted octanol–water partition coefficient (Wildman–Crippen LogP) is 2.43. The lowest BCUT2D eigenvalue weighted by Crippen LogP contribution is -2.53. The van der Waals surface area contributed by atoms with Crippen molar-refractivity contribution in [2.24, 2.45) is 5.84 Å². The van der Waals surface area contributed by atoms with Crippen molar-refractivity contribution in [2.75, 3.05) is 21.7 Å². The summed E-state index contributed by atoms with van der Waals surface area (Å²) in [5, 5.41) is 27.8. The molecule has 0 unspecified atom stereocenters. The Hall–Kier alpha value is -3.04. The van der Waals surface area contributed by atoms with Gasteiger partial charge in [-0.3, -0.25) is 14.6 Å². The Morgan fingerprint density at radius 1 is 1.23 bits per heavy atom. The summed E-state index contributed by atoms with van der Waals surface area (Å²) in [6.45, 7) is 2.03. The summed E-state index contributed by atoms with van der Waals surface area (Å²) in [6, 6.07) is 13.8. The normalized spacial score (nSPS) is 17.4. The third kappa shape index (κ3) is 6.58. The summed E-state index contributed by atoms with van der Waals surface area (Å²) in [4.78, 5) is 32.1. The van der Waals surface area contributed by atoms with E-state index in [2.05, 4.69) is 32.9 Å². The molecule has 1 aromatic heterocycles. The Morgan fingerprint density at radius 2 is 1.95 bits per heavy atom. The summed E-state index contributed by atoms with van der Waals surface area (Å²) in [5.41, 5.74) is 9.89. The first kappa shape index (κ1) is 29.0. The third-order valence-electron chi connectivity index (χ3n) is 6.61. The van der Waals surface area contributed by atoms with Crippen LogP contribution in [0.5, 0.6) is 0 Å². The van der Waals surface area contributed by atoms with Crippen molar-refractivity contribution < 1.29 is 19.8 Å². The van der Waals surface area contributed by atoms with E-state index >= 15 is 0 Å². The maximum Gasteiger partial charge on any atom is 0.255 e. The van der Waals surface area contributed by atoms with E-state index < -0.39 is 36.1 Å². The number of aliphatic hydroxyl groups is 2. The van der Waals surface area contributed by atoms with Crippen molar-refractivity contribution in [3.05, 3.63) is 88.6 Å². The summed E-state index contributed by atoms with van der Waals surface area (Å²) in [6.07, 6.45) is 0.321. The molecular formula is C27H31IN6O4S. The van der Waals surface area contributed by atoms with Gasteiger partial charge in [0.1, 0.15) is 6.04 Å². The number of hydrogen-bond donors (Lipinski definition) is 5. The van der Waals surface area contributed by atoms with Gasteiger partial charge in [0.15, 0.2) is 17.3 Å². The topological polar surface area (TPSA) is 158 Å². The maximum atomic E-state index is 13.4. The number of carbonyl (C=O) groups excluding carboxylic acids is 2. The number of rotatable bonds is 9. The number of amides is 2. The van der Waals surface area contributed by atoms with Crippen molar-refractivity contribution in [1.82, 2.24) is 15.2 Å². The van der Waals surface area contributed by atoms with E-state index in [1.807, 2.05) is 42.5 Å². The zero-order valence-electron chi connectivity index (χ0n) is 21.3. The Balaban J connectivity index is 1.45. The van der Waals surface area contributed by atoms with Crippen molar-refractivity contribution in [1.29, 1.82) is 0 Å². The number of carbonyl (C=O) groups is 2. The van der Waals surface area contributed by atoms with Crippen LogP contribution in [-0.4, -0.2) is 55.1 Å². The van der Waals surface area contributed by atoms with E-state index in [-0.39, 0.29) is 6.54 Å². The van der Waals surface area contributed by atoms with Gasteiger partial charge in [0.05, 0.1) is 17.4 Å². The molecule has 0 bridgehead atoms. The number of nitrogens with one attached hydrogen (secondary N) is 1. The SMILES string of the molecule is C[C@@H](NC(=O)[C@H](O)[C@@H](O)C(=O)N1CCc2ccccc2[C@@H]1c1csc(N)n1)c1ccc(N(N)/C=C\CI)cc1. The minimum Gasteiger partial charge on any atom is -0.380 e. The number of allylic oxidation sites excluding steroid dienone is 1. The predicted molar refractivity (Wildman–Crippen MR) is 160 cm³/mol. The number of anilines is 2.